The molecule has 148 valence electrons. The Kier molecular flexibility index (Phi) is 6.98. The molecule has 0 saturated carbocycles. The van der Waals surface area contributed by atoms with Crippen LogP contribution in [0.4, 0.5) is 13.2 Å². The molecule has 0 fully saturated rings. The van der Waals surface area contributed by atoms with E-state index in [1.807, 2.05) is 0 Å². The molecule has 27 heavy (non-hydrogen) atoms. The molecule has 0 aromatic heterocycles. The van der Waals surface area contributed by atoms with Gasteiger partial charge in [0.2, 0.25) is 0 Å². The van der Waals surface area contributed by atoms with E-state index in [1.165, 1.54) is 50.3 Å². The number of rotatable bonds is 6. The summed E-state index contributed by atoms with van der Waals surface area (Å²) in [6.45, 7) is 2.04. The Hall–Kier alpha value is -2.39. The second-order valence-corrected chi connectivity index (χ2v) is 5.77. The first-order valence-electron chi connectivity index (χ1n) is 8.08. The van der Waals surface area contributed by atoms with Crippen LogP contribution in [0.2, 0.25) is 0 Å². The molecule has 1 unspecified atom stereocenters. The van der Waals surface area contributed by atoms with Gasteiger partial charge in [0.25, 0.3) is 0 Å². The third-order valence-corrected chi connectivity index (χ3v) is 3.56. The maximum Gasteiger partial charge on any atom is 0.418 e. The summed E-state index contributed by atoms with van der Waals surface area (Å²) in [7, 11) is 0. The average molecular weight is 388 g/mol. The number of hydrogen-bond acceptors (Lipinski definition) is 6. The highest BCUT2D eigenvalue weighted by atomic mass is 19.4. The maximum absolute atomic E-state index is 13.4. The second-order valence-electron chi connectivity index (χ2n) is 5.77. The second kappa shape index (κ2) is 9.01. The minimum Gasteiger partial charge on any atom is -0.463 e. The van der Waals surface area contributed by atoms with Gasteiger partial charge in [-0.1, -0.05) is 30.3 Å². The molecule has 0 amide bonds. The van der Waals surface area contributed by atoms with Gasteiger partial charge < -0.3 is 18.9 Å². The van der Waals surface area contributed by atoms with E-state index in [0.717, 1.165) is 0 Å². The van der Waals surface area contributed by atoms with Gasteiger partial charge >= 0.3 is 18.1 Å². The number of carbonyl (C=O) groups is 2. The van der Waals surface area contributed by atoms with Crippen LogP contribution >= 0.6 is 0 Å². The largest absolute Gasteiger partial charge is 0.463 e. The number of ether oxygens (including phenoxy) is 4. The number of esters is 2. The summed E-state index contributed by atoms with van der Waals surface area (Å²) in [4.78, 5) is 22.2. The van der Waals surface area contributed by atoms with E-state index < -0.39 is 42.7 Å². The van der Waals surface area contributed by atoms with E-state index in [2.05, 4.69) is 0 Å². The van der Waals surface area contributed by atoms with Crippen molar-refractivity contribution in [1.29, 1.82) is 0 Å². The van der Waals surface area contributed by atoms with Gasteiger partial charge in [-0.05, 0) is 17.7 Å². The summed E-state index contributed by atoms with van der Waals surface area (Å²) in [5.41, 5.74) is -0.0827. The lowest BCUT2D eigenvalue weighted by molar-refractivity contribution is -0.280. The topological polar surface area (TPSA) is 71.1 Å². The molecule has 0 spiro atoms. The van der Waals surface area contributed by atoms with Crippen molar-refractivity contribution in [3.05, 3.63) is 48.0 Å². The quantitative estimate of drug-likeness (QED) is 0.551. The minimum absolute atomic E-state index is 0.0827. The molecule has 0 radical (unpaired) electrons. The molecule has 1 heterocycles. The van der Waals surface area contributed by atoms with Crippen molar-refractivity contribution in [2.75, 3.05) is 6.61 Å². The molecular weight excluding hydrogens is 369 g/mol. The predicted octanol–water partition coefficient (Wildman–Crippen LogP) is 3.08. The summed E-state index contributed by atoms with van der Waals surface area (Å²) >= 11 is 0. The molecule has 0 aliphatic carbocycles. The van der Waals surface area contributed by atoms with Crippen molar-refractivity contribution in [1.82, 2.24) is 0 Å². The standard InChI is InChI=1S/C18H19F3O6/c1-11(22)24-10-15-14(25-12(2)23)8-9-16(26-15)27-17(18(19,20)21)13-6-4-3-5-7-13/h3-9,14-17H,10H2,1-2H3/t14-,15+,16+,17?/m0/s1. The molecular formula is C18H19F3O6. The van der Waals surface area contributed by atoms with E-state index in [4.69, 9.17) is 18.9 Å². The van der Waals surface area contributed by atoms with Crippen molar-refractivity contribution in [3.63, 3.8) is 0 Å². The first-order chi connectivity index (χ1) is 12.7. The zero-order valence-electron chi connectivity index (χ0n) is 14.6. The number of carbonyl (C=O) groups excluding carboxylic acids is 2. The summed E-state index contributed by atoms with van der Waals surface area (Å²) in [6.07, 6.45) is -7.60. The number of halogens is 3. The Morgan fingerprint density at radius 2 is 1.78 bits per heavy atom. The van der Waals surface area contributed by atoms with Crippen molar-refractivity contribution < 1.29 is 41.7 Å². The van der Waals surface area contributed by atoms with Gasteiger partial charge in [-0.2, -0.15) is 13.2 Å². The zero-order chi connectivity index (χ0) is 20.0. The van der Waals surface area contributed by atoms with Crippen LogP contribution < -0.4 is 0 Å². The summed E-state index contributed by atoms with van der Waals surface area (Å²) in [6, 6.07) is 7.11. The molecule has 6 nitrogen and oxygen atoms in total. The Morgan fingerprint density at radius 3 is 2.33 bits per heavy atom. The Labute approximate surface area is 153 Å². The SMILES string of the molecule is CC(=O)OC[C@H]1O[C@H](OC(c2ccccc2)C(F)(F)F)C=C[C@@H]1OC(C)=O. The molecule has 0 N–H and O–H groups in total. The molecule has 0 saturated heterocycles. The number of alkyl halides is 3. The van der Waals surface area contributed by atoms with E-state index in [1.54, 1.807) is 6.07 Å². The third kappa shape index (κ3) is 6.37. The van der Waals surface area contributed by atoms with E-state index in [-0.39, 0.29) is 12.2 Å². The number of benzene rings is 1. The zero-order valence-corrected chi connectivity index (χ0v) is 14.6. The van der Waals surface area contributed by atoms with Crippen molar-refractivity contribution in [2.45, 2.75) is 44.6 Å². The normalized spacial score (nSPS) is 23.5. The van der Waals surface area contributed by atoms with E-state index >= 15 is 0 Å². The Bertz CT molecular complexity index is 673. The van der Waals surface area contributed by atoms with E-state index in [0.29, 0.717) is 0 Å². The lowest BCUT2D eigenvalue weighted by Gasteiger charge is -2.33. The molecule has 1 aromatic carbocycles. The van der Waals surface area contributed by atoms with Gasteiger partial charge in [0, 0.05) is 13.8 Å². The van der Waals surface area contributed by atoms with Crippen molar-refractivity contribution >= 4 is 11.9 Å². The number of hydrogen-bond donors (Lipinski definition) is 0. The van der Waals surface area contributed by atoms with Crippen LogP contribution in [-0.2, 0) is 28.5 Å². The van der Waals surface area contributed by atoms with Crippen LogP contribution in [0.15, 0.2) is 42.5 Å². The van der Waals surface area contributed by atoms with Gasteiger partial charge in [-0.15, -0.1) is 0 Å². The first kappa shape index (κ1) is 20.9. The smallest absolute Gasteiger partial charge is 0.418 e. The molecule has 2 rings (SSSR count). The van der Waals surface area contributed by atoms with Crippen LogP contribution in [0, 0.1) is 0 Å². The molecule has 1 aliphatic heterocycles. The summed E-state index contributed by atoms with van der Waals surface area (Å²) in [5, 5.41) is 0. The highest BCUT2D eigenvalue weighted by molar-refractivity contribution is 5.66. The first-order valence-corrected chi connectivity index (χ1v) is 8.08. The Balaban J connectivity index is 2.16. The monoisotopic (exact) mass is 388 g/mol. The average Bonchev–Trinajstić information content (AvgIpc) is 2.58. The summed E-state index contributed by atoms with van der Waals surface area (Å²) < 4.78 is 60.7. The van der Waals surface area contributed by atoms with Gasteiger partial charge in [-0.3, -0.25) is 9.59 Å². The fraction of sp³-hybridized carbons (Fsp3) is 0.444. The van der Waals surface area contributed by atoms with Gasteiger partial charge in [0.1, 0.15) is 18.8 Å². The summed E-state index contributed by atoms with van der Waals surface area (Å²) in [5.74, 6) is -1.22. The molecule has 4 atom stereocenters. The van der Waals surface area contributed by atoms with Crippen LogP contribution in [0.1, 0.15) is 25.5 Å². The molecule has 0 bridgehead atoms. The van der Waals surface area contributed by atoms with Crippen LogP contribution in [0.5, 0.6) is 0 Å². The fourth-order valence-corrected chi connectivity index (χ4v) is 2.44. The predicted molar refractivity (Wildman–Crippen MR) is 86.3 cm³/mol. The molecule has 1 aliphatic rings. The molecule has 9 heteroatoms. The van der Waals surface area contributed by atoms with Gasteiger partial charge in [0.05, 0.1) is 0 Å². The van der Waals surface area contributed by atoms with Crippen molar-refractivity contribution in [2.24, 2.45) is 0 Å². The fourth-order valence-electron chi connectivity index (χ4n) is 2.44. The third-order valence-electron chi connectivity index (χ3n) is 3.56. The van der Waals surface area contributed by atoms with Crippen LogP contribution in [-0.4, -0.2) is 43.2 Å². The van der Waals surface area contributed by atoms with Crippen molar-refractivity contribution in [3.8, 4) is 0 Å². The van der Waals surface area contributed by atoms with Gasteiger partial charge in [-0.25, -0.2) is 0 Å². The maximum atomic E-state index is 13.4. The highest BCUT2D eigenvalue weighted by Crippen LogP contribution is 2.37. The highest BCUT2D eigenvalue weighted by Gasteiger charge is 2.44. The minimum atomic E-state index is -4.67. The van der Waals surface area contributed by atoms with Crippen LogP contribution in [0.3, 0.4) is 0 Å². The van der Waals surface area contributed by atoms with Gasteiger partial charge in [0.15, 0.2) is 12.4 Å². The van der Waals surface area contributed by atoms with Crippen LogP contribution in [0.25, 0.3) is 0 Å². The van der Waals surface area contributed by atoms with E-state index in [9.17, 15) is 22.8 Å². The lowest BCUT2D eigenvalue weighted by atomic mass is 10.1. The Morgan fingerprint density at radius 1 is 1.11 bits per heavy atom. The molecule has 1 aromatic rings. The lowest BCUT2D eigenvalue weighted by Crippen LogP contribution is -2.43.